The SMILES string of the molecule is CN(CCc1ccc2c(c1)CCCC2)CC(C)(C)O. The highest BCUT2D eigenvalue weighted by Crippen LogP contribution is 2.22. The zero-order valence-corrected chi connectivity index (χ0v) is 12.6. The minimum absolute atomic E-state index is 0.607. The third-order valence-corrected chi connectivity index (χ3v) is 3.85. The summed E-state index contributed by atoms with van der Waals surface area (Å²) in [7, 11) is 2.08. The summed E-state index contributed by atoms with van der Waals surface area (Å²) in [5.74, 6) is 0. The maximum Gasteiger partial charge on any atom is 0.0718 e. The summed E-state index contributed by atoms with van der Waals surface area (Å²) in [6, 6.07) is 6.99. The molecule has 0 saturated carbocycles. The Morgan fingerprint density at radius 3 is 2.53 bits per heavy atom. The molecule has 1 aliphatic carbocycles. The third-order valence-electron chi connectivity index (χ3n) is 3.85. The Morgan fingerprint density at radius 1 is 1.16 bits per heavy atom. The zero-order chi connectivity index (χ0) is 13.9. The van der Waals surface area contributed by atoms with Crippen molar-refractivity contribution in [2.75, 3.05) is 20.1 Å². The van der Waals surface area contributed by atoms with Crippen LogP contribution in [0.4, 0.5) is 0 Å². The van der Waals surface area contributed by atoms with Gasteiger partial charge in [0, 0.05) is 13.1 Å². The van der Waals surface area contributed by atoms with Crippen LogP contribution in [0.15, 0.2) is 18.2 Å². The fourth-order valence-electron chi connectivity index (χ4n) is 3.00. The molecule has 0 radical (unpaired) electrons. The number of rotatable bonds is 5. The van der Waals surface area contributed by atoms with Gasteiger partial charge in [-0.3, -0.25) is 0 Å². The Labute approximate surface area is 117 Å². The lowest BCUT2D eigenvalue weighted by Crippen LogP contribution is -2.37. The van der Waals surface area contributed by atoms with Crippen molar-refractivity contribution in [2.24, 2.45) is 0 Å². The molecule has 0 spiro atoms. The number of likely N-dealkylation sites (N-methyl/N-ethyl adjacent to an activating group) is 1. The summed E-state index contributed by atoms with van der Waals surface area (Å²) in [5, 5.41) is 9.80. The van der Waals surface area contributed by atoms with E-state index < -0.39 is 5.60 Å². The highest BCUT2D eigenvalue weighted by atomic mass is 16.3. The van der Waals surface area contributed by atoms with Gasteiger partial charge in [0.05, 0.1) is 5.60 Å². The minimum Gasteiger partial charge on any atom is -0.389 e. The van der Waals surface area contributed by atoms with Crippen LogP contribution < -0.4 is 0 Å². The van der Waals surface area contributed by atoms with Crippen LogP contribution in [-0.2, 0) is 19.3 Å². The first-order chi connectivity index (χ1) is 8.94. The van der Waals surface area contributed by atoms with E-state index in [-0.39, 0.29) is 0 Å². The molecule has 1 N–H and O–H groups in total. The molecule has 0 saturated heterocycles. The van der Waals surface area contributed by atoms with Crippen LogP contribution in [0.2, 0.25) is 0 Å². The summed E-state index contributed by atoms with van der Waals surface area (Å²) in [4.78, 5) is 2.21. The molecule has 2 heteroatoms. The van der Waals surface area contributed by atoms with Crippen molar-refractivity contribution in [1.82, 2.24) is 4.90 Å². The highest BCUT2D eigenvalue weighted by molar-refractivity contribution is 5.33. The smallest absolute Gasteiger partial charge is 0.0718 e. The average Bonchev–Trinajstić information content (AvgIpc) is 2.34. The summed E-state index contributed by atoms with van der Waals surface area (Å²) in [6.45, 7) is 5.45. The fraction of sp³-hybridized carbons (Fsp3) is 0.647. The number of hydrogen-bond acceptors (Lipinski definition) is 2. The van der Waals surface area contributed by atoms with Gasteiger partial charge in [-0.25, -0.2) is 0 Å². The van der Waals surface area contributed by atoms with Gasteiger partial charge in [-0.15, -0.1) is 0 Å². The normalized spacial score (nSPS) is 15.6. The van der Waals surface area contributed by atoms with Crippen LogP contribution in [0.1, 0.15) is 43.4 Å². The van der Waals surface area contributed by atoms with E-state index >= 15 is 0 Å². The van der Waals surface area contributed by atoms with E-state index in [1.807, 2.05) is 13.8 Å². The molecular weight excluding hydrogens is 234 g/mol. The minimum atomic E-state index is -0.607. The summed E-state index contributed by atoms with van der Waals surface area (Å²) < 4.78 is 0. The molecule has 19 heavy (non-hydrogen) atoms. The number of fused-ring (bicyclic) bond motifs is 1. The molecule has 0 fully saturated rings. The molecular formula is C17H27NO. The van der Waals surface area contributed by atoms with Gasteiger partial charge in [0.1, 0.15) is 0 Å². The Bertz CT molecular complexity index is 420. The molecule has 0 bridgehead atoms. The van der Waals surface area contributed by atoms with Gasteiger partial charge in [-0.2, -0.15) is 0 Å². The lowest BCUT2D eigenvalue weighted by atomic mass is 9.90. The molecule has 1 aromatic carbocycles. The van der Waals surface area contributed by atoms with Gasteiger partial charge in [-0.05, 0) is 69.7 Å². The first kappa shape index (κ1) is 14.5. The molecule has 1 aliphatic rings. The topological polar surface area (TPSA) is 23.5 Å². The van der Waals surface area contributed by atoms with Crippen LogP contribution in [-0.4, -0.2) is 35.7 Å². The maximum absolute atomic E-state index is 9.80. The number of aliphatic hydroxyl groups is 1. The lowest BCUT2D eigenvalue weighted by molar-refractivity contribution is 0.0450. The molecule has 0 unspecified atom stereocenters. The van der Waals surface area contributed by atoms with Gasteiger partial charge in [0.25, 0.3) is 0 Å². The van der Waals surface area contributed by atoms with Crippen molar-refractivity contribution in [3.8, 4) is 0 Å². The second kappa shape index (κ2) is 6.06. The van der Waals surface area contributed by atoms with Crippen molar-refractivity contribution in [1.29, 1.82) is 0 Å². The van der Waals surface area contributed by atoms with Crippen LogP contribution in [0.3, 0.4) is 0 Å². The number of benzene rings is 1. The molecule has 0 aromatic heterocycles. The largest absolute Gasteiger partial charge is 0.389 e. The molecule has 0 aliphatic heterocycles. The van der Waals surface area contributed by atoms with E-state index in [4.69, 9.17) is 0 Å². The number of hydrogen-bond donors (Lipinski definition) is 1. The molecule has 2 rings (SSSR count). The summed E-state index contributed by atoms with van der Waals surface area (Å²) in [5.41, 5.74) is 3.95. The van der Waals surface area contributed by atoms with E-state index in [0.29, 0.717) is 0 Å². The van der Waals surface area contributed by atoms with Gasteiger partial charge < -0.3 is 10.0 Å². The first-order valence-electron chi connectivity index (χ1n) is 7.46. The lowest BCUT2D eigenvalue weighted by Gasteiger charge is -2.25. The Kier molecular flexibility index (Phi) is 4.64. The molecule has 2 nitrogen and oxygen atoms in total. The van der Waals surface area contributed by atoms with Gasteiger partial charge >= 0.3 is 0 Å². The Balaban J connectivity index is 1.89. The fourth-order valence-corrected chi connectivity index (χ4v) is 3.00. The molecule has 0 amide bonds. The standard InChI is InChI=1S/C17H27NO/c1-17(2,19)13-18(3)11-10-14-8-9-15-6-4-5-7-16(15)12-14/h8-9,12,19H,4-7,10-11,13H2,1-3H3. The van der Waals surface area contributed by atoms with Crippen LogP contribution >= 0.6 is 0 Å². The van der Waals surface area contributed by atoms with Gasteiger partial charge in [0.15, 0.2) is 0 Å². The van der Waals surface area contributed by atoms with E-state index in [2.05, 4.69) is 30.1 Å². The second-order valence-electron chi connectivity index (χ2n) is 6.61. The van der Waals surface area contributed by atoms with Crippen molar-refractivity contribution >= 4 is 0 Å². The zero-order valence-electron chi connectivity index (χ0n) is 12.6. The second-order valence-corrected chi connectivity index (χ2v) is 6.61. The molecule has 106 valence electrons. The van der Waals surface area contributed by atoms with E-state index in [0.717, 1.165) is 19.5 Å². The maximum atomic E-state index is 9.80. The van der Waals surface area contributed by atoms with Crippen LogP contribution in [0.25, 0.3) is 0 Å². The summed E-state index contributed by atoms with van der Waals surface area (Å²) in [6.07, 6.45) is 6.27. The van der Waals surface area contributed by atoms with E-state index in [1.165, 1.54) is 31.2 Å². The third kappa shape index (κ3) is 4.63. The quantitative estimate of drug-likeness (QED) is 0.881. The number of nitrogens with zero attached hydrogens (tertiary/aromatic N) is 1. The average molecular weight is 261 g/mol. The predicted octanol–water partition coefficient (Wildman–Crippen LogP) is 2.81. The molecule has 0 atom stereocenters. The molecule has 0 heterocycles. The highest BCUT2D eigenvalue weighted by Gasteiger charge is 2.15. The van der Waals surface area contributed by atoms with Crippen molar-refractivity contribution in [2.45, 2.75) is 51.6 Å². The van der Waals surface area contributed by atoms with Gasteiger partial charge in [0.2, 0.25) is 0 Å². The molecule has 1 aromatic rings. The van der Waals surface area contributed by atoms with E-state index in [9.17, 15) is 5.11 Å². The van der Waals surface area contributed by atoms with E-state index in [1.54, 1.807) is 11.1 Å². The monoisotopic (exact) mass is 261 g/mol. The van der Waals surface area contributed by atoms with Crippen molar-refractivity contribution in [3.05, 3.63) is 34.9 Å². The van der Waals surface area contributed by atoms with Crippen LogP contribution in [0.5, 0.6) is 0 Å². The Morgan fingerprint density at radius 2 is 1.84 bits per heavy atom. The first-order valence-corrected chi connectivity index (χ1v) is 7.46. The van der Waals surface area contributed by atoms with Gasteiger partial charge in [-0.1, -0.05) is 18.2 Å². The van der Waals surface area contributed by atoms with Crippen LogP contribution in [0, 0.1) is 0 Å². The number of aryl methyl sites for hydroxylation is 2. The predicted molar refractivity (Wildman–Crippen MR) is 80.6 cm³/mol. The Hall–Kier alpha value is -0.860. The van der Waals surface area contributed by atoms with Crippen molar-refractivity contribution in [3.63, 3.8) is 0 Å². The summed E-state index contributed by atoms with van der Waals surface area (Å²) >= 11 is 0. The van der Waals surface area contributed by atoms with Crippen molar-refractivity contribution < 1.29 is 5.11 Å².